The number of rotatable bonds is 13. The molecule has 4 heteroatoms. The summed E-state index contributed by atoms with van der Waals surface area (Å²) in [5.41, 5.74) is 28.2. The molecule has 0 bridgehead atoms. The molecule has 14 rings (SSSR count). The van der Waals surface area contributed by atoms with Crippen LogP contribution in [0.2, 0.25) is 0 Å². The van der Waals surface area contributed by atoms with Crippen molar-refractivity contribution in [1.82, 2.24) is 9.13 Å². The highest BCUT2D eigenvalue weighted by Gasteiger charge is 2.20. The monoisotopic (exact) mass is 1080 g/mol. The van der Waals surface area contributed by atoms with E-state index in [1.54, 1.807) is 0 Å². The van der Waals surface area contributed by atoms with E-state index in [0.29, 0.717) is 0 Å². The molecule has 402 valence electrons. The van der Waals surface area contributed by atoms with Crippen molar-refractivity contribution in [3.63, 3.8) is 0 Å². The van der Waals surface area contributed by atoms with Crippen molar-refractivity contribution in [2.45, 2.75) is 27.7 Å². The Morgan fingerprint density at radius 3 is 0.679 bits per heavy atom. The van der Waals surface area contributed by atoms with Crippen molar-refractivity contribution in [3.8, 4) is 67.0 Å². The molecule has 14 aromatic rings. The highest BCUT2D eigenvalue weighted by Crippen LogP contribution is 2.42. The minimum absolute atomic E-state index is 1.09. The fourth-order valence-electron chi connectivity index (χ4n) is 12.3. The lowest BCUT2D eigenvalue weighted by atomic mass is 10.00. The minimum atomic E-state index is 1.09. The van der Waals surface area contributed by atoms with Crippen LogP contribution in [0.15, 0.2) is 303 Å². The van der Waals surface area contributed by atoms with Crippen molar-refractivity contribution in [2.75, 3.05) is 9.80 Å². The Morgan fingerprint density at radius 1 is 0.214 bits per heavy atom. The largest absolute Gasteiger partial charge is 0.314 e. The number of hydrogen-bond donors (Lipinski definition) is 0. The Kier molecular flexibility index (Phi) is 13.5. The molecule has 0 fully saturated rings. The lowest BCUT2D eigenvalue weighted by molar-refractivity contribution is 1.04. The van der Waals surface area contributed by atoms with Crippen molar-refractivity contribution in [3.05, 3.63) is 326 Å². The number of aryl methyl sites for hydroxylation is 2. The summed E-state index contributed by atoms with van der Waals surface area (Å²) >= 11 is 0. The van der Waals surface area contributed by atoms with Gasteiger partial charge in [0.25, 0.3) is 0 Å². The molecule has 2 aromatic heterocycles. The summed E-state index contributed by atoms with van der Waals surface area (Å²) in [6.07, 6.45) is 0. The standard InChI is InChI=1S/C80H62N4/c1-55-57(3)81(69-43-47-75(48-44-69)83(71-35-25-63(26-36-71)59-17-9-5-10-18-59)72-37-27-64(28-38-72)60-19-11-6-12-20-60)79-51-33-67(53-77(55)79)68-34-52-80-78(54-68)56(2)58(4)82(80)70-45-49-76(50-46-70)84(73-39-29-65(30-40-73)61-21-13-7-14-22-61)74-41-31-66(32-42-74)62-23-15-8-16-24-62/h5-54H,1-4H3. The number of aromatic nitrogens is 2. The molecule has 0 aliphatic heterocycles. The molecular formula is C80H62N4. The van der Waals surface area contributed by atoms with Gasteiger partial charge in [-0.15, -0.1) is 0 Å². The van der Waals surface area contributed by atoms with Gasteiger partial charge in [0.15, 0.2) is 0 Å². The van der Waals surface area contributed by atoms with Gasteiger partial charge in [0.05, 0.1) is 11.0 Å². The van der Waals surface area contributed by atoms with Crippen LogP contribution < -0.4 is 9.80 Å². The fourth-order valence-corrected chi connectivity index (χ4v) is 12.3. The first-order chi connectivity index (χ1) is 41.3. The SMILES string of the molecule is Cc1c(C)n(-c2ccc(N(c3ccc(-c4ccccc4)cc3)c3ccc(-c4ccccc4)cc3)cc2)c2ccc(-c3ccc4c(c3)c(C)c(C)n4-c3ccc(N(c4ccc(-c5ccccc5)cc4)c4ccc(-c5ccccc5)cc4)cc3)cc12. The molecule has 0 unspecified atom stereocenters. The third-order valence-electron chi connectivity index (χ3n) is 17.0. The van der Waals surface area contributed by atoms with Crippen LogP contribution in [0.25, 0.3) is 88.8 Å². The van der Waals surface area contributed by atoms with Crippen LogP contribution in [0, 0.1) is 27.7 Å². The first-order valence-electron chi connectivity index (χ1n) is 29.0. The Balaban J connectivity index is 0.757. The number of anilines is 6. The summed E-state index contributed by atoms with van der Waals surface area (Å²) in [6.45, 7) is 9.01. The van der Waals surface area contributed by atoms with Crippen LogP contribution in [0.4, 0.5) is 34.1 Å². The zero-order chi connectivity index (χ0) is 56.7. The van der Waals surface area contributed by atoms with Gasteiger partial charge < -0.3 is 18.9 Å². The number of fused-ring (bicyclic) bond motifs is 2. The summed E-state index contributed by atoms with van der Waals surface area (Å²) in [5.74, 6) is 0. The van der Waals surface area contributed by atoms with Gasteiger partial charge in [-0.2, -0.15) is 0 Å². The van der Waals surface area contributed by atoms with Crippen LogP contribution in [0.5, 0.6) is 0 Å². The van der Waals surface area contributed by atoms with E-state index in [4.69, 9.17) is 0 Å². The third kappa shape index (κ3) is 9.63. The maximum Gasteiger partial charge on any atom is 0.0534 e. The van der Waals surface area contributed by atoms with Crippen molar-refractivity contribution in [2.24, 2.45) is 0 Å². The molecule has 84 heavy (non-hydrogen) atoms. The average Bonchev–Trinajstić information content (AvgIpc) is 3.19. The summed E-state index contributed by atoms with van der Waals surface area (Å²) in [7, 11) is 0. The van der Waals surface area contributed by atoms with E-state index < -0.39 is 0 Å². The minimum Gasteiger partial charge on any atom is -0.314 e. The normalized spacial score (nSPS) is 11.3. The smallest absolute Gasteiger partial charge is 0.0534 e. The fraction of sp³-hybridized carbons (Fsp3) is 0.0500. The molecule has 0 saturated heterocycles. The number of hydrogen-bond acceptors (Lipinski definition) is 2. The summed E-state index contributed by atoms with van der Waals surface area (Å²) in [5, 5.41) is 2.51. The Hall–Kier alpha value is -10.7. The average molecular weight is 1080 g/mol. The molecule has 0 aliphatic carbocycles. The lowest BCUT2D eigenvalue weighted by Gasteiger charge is -2.26. The summed E-state index contributed by atoms with van der Waals surface area (Å²) in [6, 6.07) is 110. The molecule has 4 nitrogen and oxygen atoms in total. The Labute approximate surface area is 492 Å². The summed E-state index contributed by atoms with van der Waals surface area (Å²) in [4.78, 5) is 4.70. The maximum absolute atomic E-state index is 2.41. The highest BCUT2D eigenvalue weighted by atomic mass is 15.1. The Bertz CT molecular complexity index is 4140. The molecule has 12 aromatic carbocycles. The van der Waals surface area contributed by atoms with Gasteiger partial charge in [-0.1, -0.05) is 182 Å². The number of benzene rings is 12. The van der Waals surface area contributed by atoms with E-state index in [0.717, 1.165) is 45.5 Å². The van der Waals surface area contributed by atoms with Gasteiger partial charge in [-0.25, -0.2) is 0 Å². The van der Waals surface area contributed by atoms with E-state index >= 15 is 0 Å². The van der Waals surface area contributed by atoms with Gasteiger partial charge >= 0.3 is 0 Å². The van der Waals surface area contributed by atoms with Gasteiger partial charge in [-0.3, -0.25) is 0 Å². The van der Waals surface area contributed by atoms with E-state index in [-0.39, 0.29) is 0 Å². The van der Waals surface area contributed by atoms with Crippen molar-refractivity contribution >= 4 is 55.9 Å². The van der Waals surface area contributed by atoms with E-state index in [1.165, 1.54) is 100.0 Å². The molecule has 0 saturated carbocycles. The van der Waals surface area contributed by atoms with Crippen LogP contribution in [-0.4, -0.2) is 9.13 Å². The van der Waals surface area contributed by atoms with Crippen LogP contribution in [-0.2, 0) is 0 Å². The van der Waals surface area contributed by atoms with Gasteiger partial charge in [-0.05, 0) is 216 Å². The van der Waals surface area contributed by atoms with Gasteiger partial charge in [0.2, 0.25) is 0 Å². The Morgan fingerprint density at radius 2 is 0.429 bits per heavy atom. The molecule has 0 atom stereocenters. The quantitative estimate of drug-likeness (QED) is 0.114. The lowest BCUT2D eigenvalue weighted by Crippen LogP contribution is -2.10. The van der Waals surface area contributed by atoms with Gasteiger partial charge in [0, 0.05) is 67.7 Å². The molecule has 0 radical (unpaired) electrons. The van der Waals surface area contributed by atoms with E-state index in [9.17, 15) is 0 Å². The zero-order valence-corrected chi connectivity index (χ0v) is 47.7. The van der Waals surface area contributed by atoms with Crippen molar-refractivity contribution < 1.29 is 0 Å². The van der Waals surface area contributed by atoms with Crippen LogP contribution in [0.3, 0.4) is 0 Å². The zero-order valence-electron chi connectivity index (χ0n) is 47.7. The van der Waals surface area contributed by atoms with Crippen LogP contribution >= 0.6 is 0 Å². The highest BCUT2D eigenvalue weighted by molar-refractivity contribution is 5.95. The molecule has 0 aliphatic rings. The first kappa shape index (κ1) is 51.5. The molecule has 0 N–H and O–H groups in total. The third-order valence-corrected chi connectivity index (χ3v) is 17.0. The second-order valence-electron chi connectivity index (χ2n) is 21.9. The number of nitrogens with zero attached hydrogens (tertiary/aromatic N) is 4. The van der Waals surface area contributed by atoms with Crippen molar-refractivity contribution in [1.29, 1.82) is 0 Å². The van der Waals surface area contributed by atoms with Gasteiger partial charge in [0.1, 0.15) is 0 Å². The second-order valence-corrected chi connectivity index (χ2v) is 21.9. The second kappa shape index (κ2) is 22.0. The predicted octanol–water partition coefficient (Wildman–Crippen LogP) is 22.1. The molecule has 2 heterocycles. The molecule has 0 amide bonds. The topological polar surface area (TPSA) is 16.3 Å². The first-order valence-corrected chi connectivity index (χ1v) is 29.0. The predicted molar refractivity (Wildman–Crippen MR) is 356 cm³/mol. The summed E-state index contributed by atoms with van der Waals surface area (Å²) < 4.78 is 4.83. The van der Waals surface area contributed by atoms with E-state index in [2.05, 4.69) is 350 Å². The molecular weight excluding hydrogens is 1020 g/mol. The molecule has 0 spiro atoms. The van der Waals surface area contributed by atoms with E-state index in [1.807, 2.05) is 0 Å². The van der Waals surface area contributed by atoms with Crippen LogP contribution in [0.1, 0.15) is 22.5 Å². The maximum atomic E-state index is 2.41.